The molecule has 0 spiro atoms. The van der Waals surface area contributed by atoms with Crippen molar-refractivity contribution >= 4 is 54.4 Å². The molecule has 0 unspecified atom stereocenters. The second-order valence-corrected chi connectivity index (χ2v) is 17.6. The highest BCUT2D eigenvalue weighted by atomic mass is 15.1. The van der Waals surface area contributed by atoms with Crippen molar-refractivity contribution < 1.29 is 4.11 Å². The Hall–Kier alpha value is -9.92. The molecule has 0 bridgehead atoms. The van der Waals surface area contributed by atoms with Gasteiger partial charge in [0.05, 0.1) is 37.6 Å². The topological polar surface area (TPSA) is 87.2 Å². The van der Waals surface area contributed by atoms with Crippen molar-refractivity contribution in [2.75, 3.05) is 0 Å². The third kappa shape index (κ3) is 6.84. The van der Waals surface area contributed by atoms with E-state index in [4.69, 9.17) is 29.9 Å². The molecule has 0 amide bonds. The normalized spacial score (nSPS) is 12.2. The van der Waals surface area contributed by atoms with Gasteiger partial charge >= 0.3 is 0 Å². The smallest absolute Gasteiger partial charge is 0.166 e. The number of benzene rings is 10. The van der Waals surface area contributed by atoms with Gasteiger partial charge in [-0.05, 0) is 47.8 Å². The molecule has 0 radical (unpaired) electrons. The summed E-state index contributed by atoms with van der Waals surface area (Å²) < 4.78 is 35.8. The molecule has 0 saturated heterocycles. The SMILES string of the molecule is [2H]c1c([2H])c(-n2c3ccccc3c3ccc4c(c5ccccc5n4-c4cccc5ccccc45)c32)c(-c2nc(-c3ccccc3)nc(-c3ccccc3)n2)c([2H])c1-c1nc(-c2ccccc2)nc(-c2ccccc2)n1. The van der Waals surface area contributed by atoms with Crippen LogP contribution in [0, 0.1) is 0 Å². The fourth-order valence-electron chi connectivity index (χ4n) is 10.1. The molecule has 0 atom stereocenters. The molecule has 4 heterocycles. The minimum atomic E-state index is -0.236. The van der Waals surface area contributed by atoms with Crippen LogP contribution in [0.3, 0.4) is 0 Å². The highest BCUT2D eigenvalue weighted by Gasteiger charge is 2.25. The van der Waals surface area contributed by atoms with Gasteiger partial charge in [-0.1, -0.05) is 200 Å². The standard InChI is InChI=1S/C64H40N8/c1-5-21-42(22-6-1)59-65-60(43-23-7-2-8-24-43)68-63(67-59)46-36-38-55(51(40-46)64-69-61(44-25-9-3-10-26-44)66-62(70-64)45-27-11-4-12-28-45)72-53-33-17-15-31-48(53)49-37-39-56-57(58(49)72)50-32-16-18-34-54(50)71(56)52-35-19-29-41-20-13-14-30-47(41)52/h1-40H/i36D,38D,40D. The summed E-state index contributed by atoms with van der Waals surface area (Å²) in [4.78, 5) is 30.6. The fraction of sp³-hybridized carbons (Fsp3) is 0. The monoisotopic (exact) mass is 923 g/mol. The van der Waals surface area contributed by atoms with Crippen LogP contribution in [-0.4, -0.2) is 39.0 Å². The average Bonchev–Trinajstić information content (AvgIpc) is 3.99. The van der Waals surface area contributed by atoms with Crippen LogP contribution in [0.2, 0.25) is 0 Å². The van der Waals surface area contributed by atoms with Crippen molar-refractivity contribution in [1.82, 2.24) is 39.0 Å². The zero-order valence-electron chi connectivity index (χ0n) is 41.4. The number of hydrogen-bond acceptors (Lipinski definition) is 6. The van der Waals surface area contributed by atoms with Crippen LogP contribution in [0.5, 0.6) is 0 Å². The maximum absolute atomic E-state index is 10.7. The second kappa shape index (κ2) is 16.9. The van der Waals surface area contributed by atoms with E-state index in [1.165, 1.54) is 0 Å². The number of hydrogen-bond donors (Lipinski definition) is 0. The van der Waals surface area contributed by atoms with Gasteiger partial charge in [-0.2, -0.15) is 0 Å². The first kappa shape index (κ1) is 38.0. The van der Waals surface area contributed by atoms with Crippen molar-refractivity contribution in [3.05, 3.63) is 243 Å². The molecule has 0 aliphatic carbocycles. The molecule has 8 heteroatoms. The van der Waals surface area contributed by atoms with E-state index in [9.17, 15) is 4.11 Å². The summed E-state index contributed by atoms with van der Waals surface area (Å²) >= 11 is 0. The second-order valence-electron chi connectivity index (χ2n) is 17.6. The Morgan fingerprint density at radius 2 is 0.736 bits per heavy atom. The van der Waals surface area contributed by atoms with Crippen molar-refractivity contribution in [3.63, 3.8) is 0 Å². The lowest BCUT2D eigenvalue weighted by molar-refractivity contribution is 1.06. The lowest BCUT2D eigenvalue weighted by atomic mass is 10.0. The first-order chi connectivity index (χ1) is 37.0. The molecule has 0 aliphatic heterocycles. The molecule has 10 aromatic carbocycles. The maximum atomic E-state index is 10.7. The number of nitrogens with zero attached hydrogens (tertiary/aromatic N) is 8. The Kier molecular flexibility index (Phi) is 8.94. The van der Waals surface area contributed by atoms with Crippen LogP contribution in [0.1, 0.15) is 4.11 Å². The number of aromatic nitrogens is 8. The minimum absolute atomic E-state index is 0.0388. The molecule has 72 heavy (non-hydrogen) atoms. The molecule has 0 aliphatic rings. The van der Waals surface area contributed by atoms with Crippen LogP contribution in [-0.2, 0) is 0 Å². The van der Waals surface area contributed by atoms with Gasteiger partial charge in [0, 0.05) is 60.3 Å². The van der Waals surface area contributed by atoms with Crippen molar-refractivity contribution in [2.45, 2.75) is 0 Å². The van der Waals surface area contributed by atoms with E-state index in [-0.39, 0.29) is 46.6 Å². The summed E-state index contributed by atoms with van der Waals surface area (Å²) in [6, 6.07) is 73.8. The summed E-state index contributed by atoms with van der Waals surface area (Å²) in [6.07, 6.45) is 0. The lowest BCUT2D eigenvalue weighted by Gasteiger charge is -2.17. The summed E-state index contributed by atoms with van der Waals surface area (Å²) in [5.41, 5.74) is 8.04. The van der Waals surface area contributed by atoms with Gasteiger partial charge in [0.1, 0.15) is 0 Å². The highest BCUT2D eigenvalue weighted by molar-refractivity contribution is 6.26. The first-order valence-corrected chi connectivity index (χ1v) is 23.8. The Balaban J connectivity index is 1.15. The molecule has 0 saturated carbocycles. The number of fused-ring (bicyclic) bond motifs is 8. The van der Waals surface area contributed by atoms with Crippen LogP contribution in [0.4, 0.5) is 0 Å². The zero-order chi connectivity index (χ0) is 50.1. The van der Waals surface area contributed by atoms with Gasteiger partial charge in [-0.25, -0.2) is 29.9 Å². The third-order valence-electron chi connectivity index (χ3n) is 13.3. The lowest BCUT2D eigenvalue weighted by Crippen LogP contribution is -2.05. The van der Waals surface area contributed by atoms with E-state index in [1.54, 1.807) is 0 Å². The molecule has 4 aromatic heterocycles. The summed E-state index contributed by atoms with van der Waals surface area (Å²) in [5, 5.41) is 6.05. The molecule has 8 nitrogen and oxygen atoms in total. The zero-order valence-corrected chi connectivity index (χ0v) is 38.4. The maximum Gasteiger partial charge on any atom is 0.166 e. The van der Waals surface area contributed by atoms with Gasteiger partial charge in [0.25, 0.3) is 0 Å². The predicted octanol–water partition coefficient (Wildman–Crippen LogP) is 15.4. The van der Waals surface area contributed by atoms with Crippen LogP contribution < -0.4 is 0 Å². The van der Waals surface area contributed by atoms with E-state index in [2.05, 4.69) is 94.1 Å². The third-order valence-corrected chi connectivity index (χ3v) is 13.3. The van der Waals surface area contributed by atoms with E-state index in [0.29, 0.717) is 23.3 Å². The van der Waals surface area contributed by atoms with E-state index in [0.717, 1.165) is 82.3 Å². The van der Waals surface area contributed by atoms with Gasteiger partial charge in [0.15, 0.2) is 34.9 Å². The van der Waals surface area contributed by atoms with Crippen LogP contribution in [0.25, 0.3) is 134 Å². The quantitative estimate of drug-likeness (QED) is 0.151. The van der Waals surface area contributed by atoms with Gasteiger partial charge in [0.2, 0.25) is 0 Å². The van der Waals surface area contributed by atoms with Crippen molar-refractivity contribution in [2.24, 2.45) is 0 Å². The molecule has 0 fully saturated rings. The summed E-state index contributed by atoms with van der Waals surface area (Å²) in [6.45, 7) is 0. The van der Waals surface area contributed by atoms with E-state index >= 15 is 0 Å². The molecule has 0 N–H and O–H groups in total. The van der Waals surface area contributed by atoms with Crippen LogP contribution in [0.15, 0.2) is 243 Å². The van der Waals surface area contributed by atoms with E-state index < -0.39 is 0 Å². The molecule has 14 rings (SSSR count). The molecular weight excluding hydrogens is 881 g/mol. The Bertz CT molecular complexity index is 4440. The molecular formula is C64H40N8. The van der Waals surface area contributed by atoms with Gasteiger partial charge in [-0.3, -0.25) is 0 Å². The Morgan fingerprint density at radius 3 is 1.31 bits per heavy atom. The highest BCUT2D eigenvalue weighted by Crippen LogP contribution is 2.45. The minimum Gasteiger partial charge on any atom is -0.309 e. The Morgan fingerprint density at radius 1 is 0.292 bits per heavy atom. The van der Waals surface area contributed by atoms with Gasteiger partial charge < -0.3 is 9.13 Å². The first-order valence-electron chi connectivity index (χ1n) is 25.3. The van der Waals surface area contributed by atoms with Crippen molar-refractivity contribution in [1.29, 1.82) is 0 Å². The van der Waals surface area contributed by atoms with Crippen LogP contribution >= 0.6 is 0 Å². The number of para-hydroxylation sites is 2. The predicted molar refractivity (Wildman–Crippen MR) is 292 cm³/mol. The average molecular weight is 924 g/mol. The van der Waals surface area contributed by atoms with Crippen molar-refractivity contribution in [3.8, 4) is 79.7 Å². The van der Waals surface area contributed by atoms with Gasteiger partial charge in [-0.15, -0.1) is 0 Å². The number of rotatable bonds is 8. The Labute approximate surface area is 418 Å². The summed E-state index contributed by atoms with van der Waals surface area (Å²) in [7, 11) is 0. The molecule has 14 aromatic rings. The largest absolute Gasteiger partial charge is 0.309 e. The summed E-state index contributed by atoms with van der Waals surface area (Å²) in [5.74, 6) is 1.71. The molecule has 336 valence electrons. The van der Waals surface area contributed by atoms with E-state index in [1.807, 2.05) is 140 Å². The fourth-order valence-corrected chi connectivity index (χ4v) is 10.1.